The van der Waals surface area contributed by atoms with Gasteiger partial charge in [-0.1, -0.05) is 17.8 Å². The number of rotatable bonds is 4. The molecule has 0 saturated carbocycles. The van der Waals surface area contributed by atoms with Gasteiger partial charge in [-0.2, -0.15) is 8.42 Å². The summed E-state index contributed by atoms with van der Waals surface area (Å²) in [6.07, 6.45) is 1.72. The van der Waals surface area contributed by atoms with Crippen molar-refractivity contribution in [3.63, 3.8) is 0 Å². The first-order valence-electron chi connectivity index (χ1n) is 4.96. The van der Waals surface area contributed by atoms with E-state index in [2.05, 4.69) is 14.4 Å². The molecule has 0 aliphatic heterocycles. The molecule has 0 fully saturated rings. The molecule has 9 heteroatoms. The standard InChI is InChI=1S/C10H9FN2O4S2/c1-16-19(14,15)7-5-3-4-6(8(7)11)9-12-13-10(17-9)18-2/h3-5H,1-2H3. The number of thioether (sulfide) groups is 1. The molecule has 2 rings (SSSR count). The second kappa shape index (κ2) is 5.27. The van der Waals surface area contributed by atoms with Gasteiger partial charge in [0.1, 0.15) is 4.90 Å². The van der Waals surface area contributed by atoms with Gasteiger partial charge in [0.15, 0.2) is 5.82 Å². The fourth-order valence-corrected chi connectivity index (χ4v) is 2.40. The quantitative estimate of drug-likeness (QED) is 0.630. The highest BCUT2D eigenvalue weighted by Gasteiger charge is 2.23. The third-order valence-corrected chi connectivity index (χ3v) is 4.07. The second-order valence-electron chi connectivity index (χ2n) is 3.32. The van der Waals surface area contributed by atoms with Crippen LogP contribution >= 0.6 is 11.8 Å². The normalized spacial score (nSPS) is 11.7. The first-order chi connectivity index (χ1) is 8.99. The summed E-state index contributed by atoms with van der Waals surface area (Å²) in [5.41, 5.74) is -0.0917. The van der Waals surface area contributed by atoms with Crippen LogP contribution in [-0.2, 0) is 14.3 Å². The minimum atomic E-state index is -4.13. The maximum atomic E-state index is 14.2. The Balaban J connectivity index is 2.57. The Morgan fingerprint density at radius 2 is 2.11 bits per heavy atom. The summed E-state index contributed by atoms with van der Waals surface area (Å²) in [7, 11) is -3.17. The Morgan fingerprint density at radius 1 is 1.37 bits per heavy atom. The van der Waals surface area contributed by atoms with Crippen molar-refractivity contribution in [3.05, 3.63) is 24.0 Å². The van der Waals surface area contributed by atoms with Crippen LogP contribution in [-0.4, -0.2) is 32.0 Å². The average Bonchev–Trinajstić information content (AvgIpc) is 2.87. The number of aromatic nitrogens is 2. The van der Waals surface area contributed by atoms with Crippen molar-refractivity contribution in [2.45, 2.75) is 10.1 Å². The molecule has 1 aromatic heterocycles. The maximum absolute atomic E-state index is 14.2. The van der Waals surface area contributed by atoms with Crippen LogP contribution in [0.15, 0.2) is 32.7 Å². The zero-order valence-electron chi connectivity index (χ0n) is 9.95. The van der Waals surface area contributed by atoms with E-state index in [1.165, 1.54) is 23.9 Å². The van der Waals surface area contributed by atoms with E-state index in [1.54, 1.807) is 6.26 Å². The van der Waals surface area contributed by atoms with E-state index in [-0.39, 0.29) is 16.7 Å². The average molecular weight is 304 g/mol. The van der Waals surface area contributed by atoms with Gasteiger partial charge in [-0.25, -0.2) is 4.39 Å². The first-order valence-corrected chi connectivity index (χ1v) is 7.60. The molecule has 0 atom stereocenters. The molecule has 102 valence electrons. The van der Waals surface area contributed by atoms with Crippen LogP contribution in [0.5, 0.6) is 0 Å². The van der Waals surface area contributed by atoms with Crippen molar-refractivity contribution >= 4 is 21.9 Å². The lowest BCUT2D eigenvalue weighted by molar-refractivity contribution is 0.393. The Morgan fingerprint density at radius 3 is 2.68 bits per heavy atom. The van der Waals surface area contributed by atoms with Crippen LogP contribution in [0.1, 0.15) is 0 Å². The van der Waals surface area contributed by atoms with E-state index < -0.39 is 20.8 Å². The zero-order valence-corrected chi connectivity index (χ0v) is 11.6. The Kier molecular flexibility index (Phi) is 3.88. The number of hydrogen-bond donors (Lipinski definition) is 0. The summed E-state index contributed by atoms with van der Waals surface area (Å²) < 4.78 is 46.7. The van der Waals surface area contributed by atoms with Crippen LogP contribution in [0.2, 0.25) is 0 Å². The molecular weight excluding hydrogens is 295 g/mol. The SMILES string of the molecule is COS(=O)(=O)c1cccc(-c2nnc(SC)o2)c1F. The summed E-state index contributed by atoms with van der Waals surface area (Å²) in [6.45, 7) is 0. The molecule has 0 radical (unpaired) electrons. The maximum Gasteiger partial charge on any atom is 0.299 e. The van der Waals surface area contributed by atoms with Gasteiger partial charge < -0.3 is 4.42 Å². The van der Waals surface area contributed by atoms with Crippen molar-refractivity contribution in [1.82, 2.24) is 10.2 Å². The van der Waals surface area contributed by atoms with E-state index in [0.29, 0.717) is 0 Å². The lowest BCUT2D eigenvalue weighted by Crippen LogP contribution is -2.06. The summed E-state index contributed by atoms with van der Waals surface area (Å²) in [5.74, 6) is -1.07. The number of benzene rings is 1. The van der Waals surface area contributed by atoms with E-state index >= 15 is 0 Å². The van der Waals surface area contributed by atoms with Gasteiger partial charge in [0.25, 0.3) is 21.2 Å². The van der Waals surface area contributed by atoms with Gasteiger partial charge in [0, 0.05) is 0 Å². The molecular formula is C10H9FN2O4S2. The predicted molar refractivity (Wildman–Crippen MR) is 65.7 cm³/mol. The minimum Gasteiger partial charge on any atom is -0.411 e. The molecule has 0 saturated heterocycles. The molecule has 0 aliphatic rings. The third kappa shape index (κ3) is 2.62. The molecule has 19 heavy (non-hydrogen) atoms. The van der Waals surface area contributed by atoms with E-state index in [4.69, 9.17) is 4.42 Å². The van der Waals surface area contributed by atoms with E-state index in [0.717, 1.165) is 13.2 Å². The highest BCUT2D eigenvalue weighted by Crippen LogP contribution is 2.28. The van der Waals surface area contributed by atoms with Crippen molar-refractivity contribution in [2.75, 3.05) is 13.4 Å². The molecule has 1 heterocycles. The third-order valence-electron chi connectivity index (χ3n) is 2.26. The smallest absolute Gasteiger partial charge is 0.299 e. The fraction of sp³-hybridized carbons (Fsp3) is 0.200. The number of halogens is 1. The van der Waals surface area contributed by atoms with Crippen LogP contribution in [0.25, 0.3) is 11.5 Å². The van der Waals surface area contributed by atoms with E-state index in [1.807, 2.05) is 0 Å². The van der Waals surface area contributed by atoms with Crippen molar-refractivity contribution in [3.8, 4) is 11.5 Å². The topological polar surface area (TPSA) is 82.3 Å². The van der Waals surface area contributed by atoms with Gasteiger partial charge in [-0.3, -0.25) is 4.18 Å². The summed E-state index contributed by atoms with van der Waals surface area (Å²) >= 11 is 1.20. The van der Waals surface area contributed by atoms with Crippen LogP contribution in [0.3, 0.4) is 0 Å². The molecule has 0 spiro atoms. The molecule has 6 nitrogen and oxygen atoms in total. The van der Waals surface area contributed by atoms with Gasteiger partial charge >= 0.3 is 0 Å². The second-order valence-corrected chi connectivity index (χ2v) is 5.75. The van der Waals surface area contributed by atoms with E-state index in [9.17, 15) is 12.8 Å². The van der Waals surface area contributed by atoms with Crippen LogP contribution < -0.4 is 0 Å². The Hall–Kier alpha value is -1.45. The van der Waals surface area contributed by atoms with Gasteiger partial charge in [0.2, 0.25) is 0 Å². The summed E-state index contributed by atoms with van der Waals surface area (Å²) in [4.78, 5) is -0.573. The zero-order chi connectivity index (χ0) is 14.0. The lowest BCUT2D eigenvalue weighted by Gasteiger charge is -2.05. The van der Waals surface area contributed by atoms with Crippen LogP contribution in [0, 0.1) is 5.82 Å². The summed E-state index contributed by atoms with van der Waals surface area (Å²) in [6, 6.07) is 3.82. The Bertz CT molecular complexity index is 699. The van der Waals surface area contributed by atoms with Gasteiger partial charge in [-0.15, -0.1) is 10.2 Å². The van der Waals surface area contributed by atoms with Crippen molar-refractivity contribution < 1.29 is 21.4 Å². The molecule has 0 bridgehead atoms. The molecule has 2 aromatic rings. The minimum absolute atomic E-state index is 0.0880. The largest absolute Gasteiger partial charge is 0.411 e. The number of hydrogen-bond acceptors (Lipinski definition) is 7. The lowest BCUT2D eigenvalue weighted by atomic mass is 10.2. The molecule has 0 aliphatic carbocycles. The van der Waals surface area contributed by atoms with Crippen molar-refractivity contribution in [2.24, 2.45) is 0 Å². The van der Waals surface area contributed by atoms with Gasteiger partial charge in [0.05, 0.1) is 12.7 Å². The van der Waals surface area contributed by atoms with Gasteiger partial charge in [-0.05, 0) is 18.4 Å². The molecule has 0 unspecified atom stereocenters. The van der Waals surface area contributed by atoms with Crippen LogP contribution in [0.4, 0.5) is 4.39 Å². The number of nitrogens with zero attached hydrogens (tertiary/aromatic N) is 2. The first kappa shape index (κ1) is 14.0. The monoisotopic (exact) mass is 304 g/mol. The molecule has 0 amide bonds. The highest BCUT2D eigenvalue weighted by atomic mass is 32.2. The van der Waals surface area contributed by atoms with Crippen molar-refractivity contribution in [1.29, 1.82) is 0 Å². The molecule has 1 aromatic carbocycles. The Labute approximate surface area is 113 Å². The molecule has 0 N–H and O–H groups in total. The fourth-order valence-electron chi connectivity index (χ4n) is 1.36. The summed E-state index contributed by atoms with van der Waals surface area (Å²) in [5, 5.41) is 7.58. The highest BCUT2D eigenvalue weighted by molar-refractivity contribution is 7.98. The predicted octanol–water partition coefficient (Wildman–Crippen LogP) is 1.93.